The summed E-state index contributed by atoms with van der Waals surface area (Å²) < 4.78 is 20.8. The van der Waals surface area contributed by atoms with Gasteiger partial charge in [-0.05, 0) is 11.1 Å². The Morgan fingerprint density at radius 2 is 1.71 bits per heavy atom. The summed E-state index contributed by atoms with van der Waals surface area (Å²) in [5, 5.41) is 5.26. The lowest BCUT2D eigenvalue weighted by atomic mass is 10.1. The van der Waals surface area contributed by atoms with Crippen LogP contribution >= 0.6 is 0 Å². The van der Waals surface area contributed by atoms with Crippen LogP contribution in [0.4, 0.5) is 0 Å². The molecular formula is C9H16N2O2S. The summed E-state index contributed by atoms with van der Waals surface area (Å²) in [5.41, 5.74) is 7.16. The first-order chi connectivity index (χ1) is 6.26. The molecule has 80 valence electrons. The first-order valence-corrected chi connectivity index (χ1v) is 6.78. The lowest BCUT2D eigenvalue weighted by Gasteiger charge is -2.33. The summed E-state index contributed by atoms with van der Waals surface area (Å²) in [7, 11) is -3.93. The molecule has 1 rings (SSSR count). The van der Waals surface area contributed by atoms with E-state index in [1.165, 1.54) is 0 Å². The number of hydrogen-bond donors (Lipinski definition) is 3. The second-order valence-electron chi connectivity index (χ2n) is 3.73. The molecule has 0 saturated heterocycles. The third kappa shape index (κ3) is 3.97. The fourth-order valence-corrected chi connectivity index (χ4v) is 2.18. The molecule has 5 heteroatoms. The average molecular weight is 216 g/mol. The van der Waals surface area contributed by atoms with Crippen LogP contribution in [0, 0.1) is 0 Å². The minimum absolute atomic E-state index is 0.0257. The van der Waals surface area contributed by atoms with E-state index in [1.807, 2.05) is 12.1 Å². The minimum Gasteiger partial charge on any atom is -0.326 e. The Kier molecular flexibility index (Phi) is 2.78. The Morgan fingerprint density at radius 1 is 1.29 bits per heavy atom. The SMILES string of the molecule is CS(N)(=O)(O)Cc1ccc(CN)cc1. The molecule has 0 atom stereocenters. The van der Waals surface area contributed by atoms with Gasteiger partial charge in [0, 0.05) is 12.8 Å². The lowest BCUT2D eigenvalue weighted by Crippen LogP contribution is -2.42. The second-order valence-corrected chi connectivity index (χ2v) is 7.14. The molecule has 4 nitrogen and oxygen atoms in total. The minimum atomic E-state index is -3.93. The molecule has 0 aliphatic rings. The fourth-order valence-electron chi connectivity index (χ4n) is 1.18. The Labute approximate surface area is 83.7 Å². The zero-order valence-electron chi connectivity index (χ0n) is 8.14. The van der Waals surface area contributed by atoms with Gasteiger partial charge in [-0.15, -0.1) is 9.53 Å². The molecule has 1 aromatic carbocycles. The van der Waals surface area contributed by atoms with E-state index in [9.17, 15) is 8.76 Å². The summed E-state index contributed by atoms with van der Waals surface area (Å²) in [6, 6.07) is 7.19. The quantitative estimate of drug-likeness (QED) is 0.685. The molecule has 0 saturated carbocycles. The van der Waals surface area contributed by atoms with E-state index in [2.05, 4.69) is 0 Å². The summed E-state index contributed by atoms with van der Waals surface area (Å²) >= 11 is 0. The van der Waals surface area contributed by atoms with Crippen LogP contribution in [0.2, 0.25) is 0 Å². The van der Waals surface area contributed by atoms with Crippen LogP contribution in [0.1, 0.15) is 11.1 Å². The Balaban J connectivity index is 2.85. The van der Waals surface area contributed by atoms with E-state index < -0.39 is 9.53 Å². The third-order valence-corrected chi connectivity index (χ3v) is 2.81. The predicted molar refractivity (Wildman–Crippen MR) is 58.9 cm³/mol. The summed E-state index contributed by atoms with van der Waals surface area (Å²) in [4.78, 5) is 0. The highest BCUT2D eigenvalue weighted by Gasteiger charge is 2.14. The van der Waals surface area contributed by atoms with Crippen LogP contribution in [0.3, 0.4) is 0 Å². The zero-order valence-corrected chi connectivity index (χ0v) is 8.96. The standard InChI is InChI=1S/C9H16N2O2S/c1-14(11,12,13)7-9-4-2-8(6-10)3-5-9/h2-5H,6-7,10H2,1H3,(H3,11,12,13). The smallest absolute Gasteiger partial charge is 0.0722 e. The Bertz CT molecular complexity index is 369. The Morgan fingerprint density at radius 3 is 2.07 bits per heavy atom. The van der Waals surface area contributed by atoms with Crippen molar-refractivity contribution in [1.29, 1.82) is 0 Å². The van der Waals surface area contributed by atoms with Crippen molar-refractivity contribution in [3.05, 3.63) is 35.4 Å². The molecular weight excluding hydrogens is 200 g/mol. The van der Waals surface area contributed by atoms with Crippen molar-refractivity contribution in [2.24, 2.45) is 10.9 Å². The maximum Gasteiger partial charge on any atom is 0.0722 e. The van der Waals surface area contributed by atoms with Gasteiger partial charge in [-0.2, -0.15) is 4.21 Å². The Hall–Kier alpha value is -0.750. The van der Waals surface area contributed by atoms with Crippen LogP contribution in [0.25, 0.3) is 0 Å². The molecule has 5 N–H and O–H groups in total. The molecule has 0 fully saturated rings. The first kappa shape index (κ1) is 11.3. The van der Waals surface area contributed by atoms with Crippen LogP contribution < -0.4 is 10.9 Å². The zero-order chi connectivity index (χ0) is 10.8. The monoisotopic (exact) mass is 216 g/mol. The molecule has 0 amide bonds. The van der Waals surface area contributed by atoms with Gasteiger partial charge in [0.2, 0.25) is 0 Å². The first-order valence-electron chi connectivity index (χ1n) is 4.22. The van der Waals surface area contributed by atoms with Gasteiger partial charge in [-0.25, -0.2) is 5.14 Å². The van der Waals surface area contributed by atoms with E-state index in [-0.39, 0.29) is 5.75 Å². The lowest BCUT2D eigenvalue weighted by molar-refractivity contribution is 0.519. The van der Waals surface area contributed by atoms with Gasteiger partial charge in [0.1, 0.15) is 0 Å². The van der Waals surface area contributed by atoms with Gasteiger partial charge < -0.3 is 5.73 Å². The van der Waals surface area contributed by atoms with Gasteiger partial charge >= 0.3 is 0 Å². The molecule has 0 spiro atoms. The molecule has 14 heavy (non-hydrogen) atoms. The van der Waals surface area contributed by atoms with Gasteiger partial charge in [0.15, 0.2) is 0 Å². The van der Waals surface area contributed by atoms with Crippen LogP contribution in [-0.4, -0.2) is 15.0 Å². The average Bonchev–Trinajstić information content (AvgIpc) is 2.01. The number of nitrogens with two attached hydrogens (primary N) is 2. The highest BCUT2D eigenvalue weighted by Crippen LogP contribution is 2.16. The largest absolute Gasteiger partial charge is 0.326 e. The molecule has 1 aromatic rings. The molecule has 0 aromatic heterocycles. The van der Waals surface area contributed by atoms with E-state index in [0.717, 1.165) is 17.4 Å². The van der Waals surface area contributed by atoms with Crippen molar-refractivity contribution in [2.45, 2.75) is 12.3 Å². The highest BCUT2D eigenvalue weighted by molar-refractivity contribution is 8.11. The van der Waals surface area contributed by atoms with Gasteiger partial charge in [-0.1, -0.05) is 24.3 Å². The van der Waals surface area contributed by atoms with E-state index in [0.29, 0.717) is 6.54 Å². The van der Waals surface area contributed by atoms with Crippen LogP contribution in [0.5, 0.6) is 0 Å². The second kappa shape index (κ2) is 3.43. The fraction of sp³-hybridized carbons (Fsp3) is 0.333. The van der Waals surface area contributed by atoms with E-state index in [1.54, 1.807) is 12.1 Å². The number of hydrogen-bond acceptors (Lipinski definition) is 2. The van der Waals surface area contributed by atoms with Crippen molar-refractivity contribution in [3.63, 3.8) is 0 Å². The summed E-state index contributed by atoms with van der Waals surface area (Å²) in [6.07, 6.45) is 1.16. The number of benzene rings is 1. The summed E-state index contributed by atoms with van der Waals surface area (Å²) in [6.45, 7) is 0.466. The molecule has 0 heterocycles. The predicted octanol–water partition coefficient (Wildman–Crippen LogP) is 0.442. The molecule has 0 aliphatic carbocycles. The summed E-state index contributed by atoms with van der Waals surface area (Å²) in [5.74, 6) is -0.0257. The molecule has 0 bridgehead atoms. The molecule has 0 unspecified atom stereocenters. The third-order valence-electron chi connectivity index (χ3n) is 1.78. The van der Waals surface area contributed by atoms with Gasteiger partial charge in [0.05, 0.1) is 5.75 Å². The maximum absolute atomic E-state index is 11.4. The number of rotatable bonds is 3. The van der Waals surface area contributed by atoms with Crippen molar-refractivity contribution >= 4 is 9.53 Å². The topological polar surface area (TPSA) is 89.3 Å². The van der Waals surface area contributed by atoms with Gasteiger partial charge in [-0.3, -0.25) is 4.55 Å². The van der Waals surface area contributed by atoms with Crippen molar-refractivity contribution in [1.82, 2.24) is 0 Å². The van der Waals surface area contributed by atoms with E-state index >= 15 is 0 Å². The van der Waals surface area contributed by atoms with Crippen molar-refractivity contribution < 1.29 is 8.76 Å². The van der Waals surface area contributed by atoms with E-state index in [4.69, 9.17) is 10.9 Å². The maximum atomic E-state index is 11.4. The normalized spacial score (nSPS) is 14.7. The van der Waals surface area contributed by atoms with Crippen molar-refractivity contribution in [3.8, 4) is 0 Å². The molecule has 0 radical (unpaired) electrons. The molecule has 0 aliphatic heterocycles. The highest BCUT2D eigenvalue weighted by atomic mass is 32.3. The van der Waals surface area contributed by atoms with Crippen LogP contribution in [0.15, 0.2) is 24.3 Å². The van der Waals surface area contributed by atoms with Crippen molar-refractivity contribution in [2.75, 3.05) is 6.26 Å². The van der Waals surface area contributed by atoms with Crippen LogP contribution in [-0.2, 0) is 21.8 Å². The van der Waals surface area contributed by atoms with Gasteiger partial charge in [0.25, 0.3) is 0 Å².